The predicted octanol–water partition coefficient (Wildman–Crippen LogP) is 3.63. The van der Waals surface area contributed by atoms with Crippen molar-refractivity contribution in [3.8, 4) is 23.5 Å². The lowest BCUT2D eigenvalue weighted by Crippen LogP contribution is -2.50. The lowest BCUT2D eigenvalue weighted by atomic mass is 9.83. The Morgan fingerprint density at radius 2 is 1.65 bits per heavy atom. The number of carboxylic acids is 1. The Kier molecular flexibility index (Phi) is 7.17. The van der Waals surface area contributed by atoms with Crippen LogP contribution in [0.5, 0.6) is 0 Å². The highest BCUT2D eigenvalue weighted by Gasteiger charge is 2.36. The smallest absolute Gasteiger partial charge is 0.407 e. The highest BCUT2D eigenvalue weighted by atomic mass is 16.5. The van der Waals surface area contributed by atoms with Crippen LogP contribution in [0.15, 0.2) is 48.5 Å². The van der Waals surface area contributed by atoms with Gasteiger partial charge in [-0.2, -0.15) is 0 Å². The standard InChI is InChI=1S/C27H28N2O5/c1-2-15-29(16-25(30)31)26(32)22-13-7-8-14-24(22)28-27(33)34-17-23-20-11-5-3-9-18(20)19-10-4-6-12-21(19)23/h1,3-6,9-12,22-24H,7-8,13-17H2,(H,28,33)(H,30,31)/t22-,24+/m1/s1. The Bertz CT molecular complexity index is 1080. The number of rotatable bonds is 7. The van der Waals surface area contributed by atoms with Gasteiger partial charge in [-0.05, 0) is 35.1 Å². The van der Waals surface area contributed by atoms with E-state index in [1.807, 2.05) is 24.3 Å². The fourth-order valence-corrected chi connectivity index (χ4v) is 5.11. The molecule has 0 saturated heterocycles. The van der Waals surface area contributed by atoms with Crippen LogP contribution < -0.4 is 5.32 Å². The highest BCUT2D eigenvalue weighted by molar-refractivity contribution is 5.84. The molecule has 34 heavy (non-hydrogen) atoms. The average Bonchev–Trinajstić information content (AvgIpc) is 3.16. The minimum Gasteiger partial charge on any atom is -0.480 e. The molecule has 7 heteroatoms. The number of carboxylic acid groups (broad SMARTS) is 1. The van der Waals surface area contributed by atoms with E-state index < -0.39 is 30.6 Å². The van der Waals surface area contributed by atoms with E-state index in [4.69, 9.17) is 16.3 Å². The first kappa shape index (κ1) is 23.4. The summed E-state index contributed by atoms with van der Waals surface area (Å²) in [5, 5.41) is 12.0. The summed E-state index contributed by atoms with van der Waals surface area (Å²) in [5.41, 5.74) is 4.55. The van der Waals surface area contributed by atoms with Gasteiger partial charge in [-0.25, -0.2) is 4.79 Å². The first-order valence-electron chi connectivity index (χ1n) is 11.5. The fraction of sp³-hybridized carbons (Fsp3) is 0.370. The van der Waals surface area contributed by atoms with Crippen LogP contribution in [-0.2, 0) is 14.3 Å². The molecule has 2 aromatic carbocycles. The molecular weight excluding hydrogens is 432 g/mol. The molecular formula is C27H28N2O5. The summed E-state index contributed by atoms with van der Waals surface area (Å²) < 4.78 is 5.64. The molecule has 2 aliphatic carbocycles. The number of hydrogen-bond acceptors (Lipinski definition) is 4. The van der Waals surface area contributed by atoms with Crippen LogP contribution in [0.3, 0.4) is 0 Å². The number of carbonyl (C=O) groups excluding carboxylic acids is 2. The van der Waals surface area contributed by atoms with Crippen molar-refractivity contribution in [1.29, 1.82) is 0 Å². The number of fused-ring (bicyclic) bond motifs is 3. The lowest BCUT2D eigenvalue weighted by Gasteiger charge is -2.34. The topological polar surface area (TPSA) is 95.9 Å². The average molecular weight is 461 g/mol. The van der Waals surface area contributed by atoms with Crippen LogP contribution in [0.1, 0.15) is 42.7 Å². The second-order valence-electron chi connectivity index (χ2n) is 8.76. The number of ether oxygens (including phenoxy) is 1. The van der Waals surface area contributed by atoms with Gasteiger partial charge in [0.2, 0.25) is 5.91 Å². The van der Waals surface area contributed by atoms with Crippen LogP contribution in [0, 0.1) is 18.3 Å². The second-order valence-corrected chi connectivity index (χ2v) is 8.76. The zero-order valence-electron chi connectivity index (χ0n) is 18.9. The minimum atomic E-state index is -1.12. The van der Waals surface area contributed by atoms with Crippen LogP contribution in [-0.4, -0.2) is 53.7 Å². The zero-order chi connectivity index (χ0) is 24.1. The maximum Gasteiger partial charge on any atom is 0.407 e. The number of carbonyl (C=O) groups is 3. The van der Waals surface area contributed by atoms with Crippen LogP contribution in [0.4, 0.5) is 4.79 Å². The zero-order valence-corrected chi connectivity index (χ0v) is 18.9. The van der Waals surface area contributed by atoms with E-state index in [-0.39, 0.29) is 25.0 Å². The summed E-state index contributed by atoms with van der Waals surface area (Å²) in [6, 6.07) is 15.8. The summed E-state index contributed by atoms with van der Waals surface area (Å²) in [6.07, 6.45) is 7.64. The van der Waals surface area contributed by atoms with Gasteiger partial charge in [-0.3, -0.25) is 9.59 Å². The maximum absolute atomic E-state index is 13.0. The first-order valence-corrected chi connectivity index (χ1v) is 11.5. The molecule has 0 heterocycles. The van der Waals surface area contributed by atoms with Gasteiger partial charge in [0.1, 0.15) is 13.2 Å². The molecule has 0 aliphatic heterocycles. The molecule has 2 aromatic rings. The van der Waals surface area contributed by atoms with Gasteiger partial charge in [0, 0.05) is 12.0 Å². The Morgan fingerprint density at radius 1 is 1.03 bits per heavy atom. The van der Waals surface area contributed by atoms with E-state index in [1.165, 1.54) is 0 Å². The Balaban J connectivity index is 1.42. The van der Waals surface area contributed by atoms with E-state index >= 15 is 0 Å². The van der Waals surface area contributed by atoms with Crippen molar-refractivity contribution in [3.63, 3.8) is 0 Å². The number of aliphatic carboxylic acids is 1. The third-order valence-corrected chi connectivity index (χ3v) is 6.65. The molecule has 4 rings (SSSR count). The van der Waals surface area contributed by atoms with Crippen LogP contribution in [0.2, 0.25) is 0 Å². The number of nitrogens with zero attached hydrogens (tertiary/aromatic N) is 1. The van der Waals surface area contributed by atoms with Crippen molar-refractivity contribution in [2.45, 2.75) is 37.6 Å². The summed E-state index contributed by atoms with van der Waals surface area (Å²) in [4.78, 5) is 38.1. The maximum atomic E-state index is 13.0. The van der Waals surface area contributed by atoms with Gasteiger partial charge in [0.15, 0.2) is 0 Å². The van der Waals surface area contributed by atoms with Crippen molar-refractivity contribution in [2.75, 3.05) is 19.7 Å². The van der Waals surface area contributed by atoms with Crippen molar-refractivity contribution in [2.24, 2.45) is 5.92 Å². The van der Waals surface area contributed by atoms with Crippen LogP contribution in [0.25, 0.3) is 11.1 Å². The summed E-state index contributed by atoms with van der Waals surface area (Å²) in [5.74, 6) is 0.300. The third kappa shape index (κ3) is 4.91. The van der Waals surface area contributed by atoms with Gasteiger partial charge in [-0.1, -0.05) is 67.3 Å². The molecule has 7 nitrogen and oxygen atoms in total. The number of hydrogen-bond donors (Lipinski definition) is 2. The summed E-state index contributed by atoms with van der Waals surface area (Å²) >= 11 is 0. The first-order chi connectivity index (χ1) is 16.5. The molecule has 0 unspecified atom stereocenters. The molecule has 176 valence electrons. The minimum absolute atomic E-state index is 0.0522. The van der Waals surface area contributed by atoms with Gasteiger partial charge < -0.3 is 20.1 Å². The number of alkyl carbamates (subject to hydrolysis) is 1. The van der Waals surface area contributed by atoms with Crippen molar-refractivity contribution >= 4 is 18.0 Å². The molecule has 2 N–H and O–H groups in total. The molecule has 2 amide bonds. The fourth-order valence-electron chi connectivity index (χ4n) is 5.11. The summed E-state index contributed by atoms with van der Waals surface area (Å²) in [7, 11) is 0. The van der Waals surface area contributed by atoms with Gasteiger partial charge in [0.25, 0.3) is 0 Å². The largest absolute Gasteiger partial charge is 0.480 e. The monoisotopic (exact) mass is 460 g/mol. The van der Waals surface area contributed by atoms with Gasteiger partial charge in [-0.15, -0.1) is 6.42 Å². The van der Waals surface area contributed by atoms with Crippen molar-refractivity contribution < 1.29 is 24.2 Å². The molecule has 0 spiro atoms. The second kappa shape index (κ2) is 10.4. The SMILES string of the molecule is C#CCN(CC(=O)O)C(=O)[C@@H]1CCCC[C@@H]1NC(=O)OCC1c2ccccc2-c2ccccc21. The van der Waals surface area contributed by atoms with E-state index in [0.29, 0.717) is 12.8 Å². The summed E-state index contributed by atoms with van der Waals surface area (Å²) in [6.45, 7) is -0.357. The molecule has 0 bridgehead atoms. The lowest BCUT2D eigenvalue weighted by molar-refractivity contribution is -0.146. The van der Waals surface area contributed by atoms with E-state index in [1.54, 1.807) is 0 Å². The van der Waals surface area contributed by atoms with E-state index in [9.17, 15) is 14.4 Å². The Labute approximate surface area is 199 Å². The van der Waals surface area contributed by atoms with E-state index in [2.05, 4.69) is 35.5 Å². The Morgan fingerprint density at radius 3 is 2.26 bits per heavy atom. The molecule has 1 saturated carbocycles. The number of amides is 2. The molecule has 0 radical (unpaired) electrons. The predicted molar refractivity (Wildman–Crippen MR) is 127 cm³/mol. The quantitative estimate of drug-likeness (QED) is 0.615. The van der Waals surface area contributed by atoms with Gasteiger partial charge >= 0.3 is 12.1 Å². The van der Waals surface area contributed by atoms with Gasteiger partial charge in [0.05, 0.1) is 12.5 Å². The molecule has 2 aliphatic rings. The van der Waals surface area contributed by atoms with E-state index in [0.717, 1.165) is 40.0 Å². The molecule has 0 aromatic heterocycles. The number of terminal acetylenes is 1. The highest BCUT2D eigenvalue weighted by Crippen LogP contribution is 2.44. The Hall–Kier alpha value is -3.79. The van der Waals surface area contributed by atoms with Crippen LogP contribution >= 0.6 is 0 Å². The molecule has 2 atom stereocenters. The molecule has 1 fully saturated rings. The van der Waals surface area contributed by atoms with Crippen molar-refractivity contribution in [1.82, 2.24) is 10.2 Å². The number of benzene rings is 2. The third-order valence-electron chi connectivity index (χ3n) is 6.65. The normalized spacial score (nSPS) is 18.8. The number of nitrogens with one attached hydrogen (secondary N) is 1. The van der Waals surface area contributed by atoms with Crippen molar-refractivity contribution in [3.05, 3.63) is 59.7 Å².